The number of aromatic nitrogens is 2. The van der Waals surface area contributed by atoms with Gasteiger partial charge in [0, 0.05) is 18.9 Å². The highest BCUT2D eigenvalue weighted by molar-refractivity contribution is 5.88. The summed E-state index contributed by atoms with van der Waals surface area (Å²) in [4.78, 5) is 20.6. The van der Waals surface area contributed by atoms with Crippen LogP contribution in [-0.4, -0.2) is 23.0 Å². The van der Waals surface area contributed by atoms with Crippen molar-refractivity contribution in [3.05, 3.63) is 72.1 Å². The van der Waals surface area contributed by atoms with E-state index in [0.29, 0.717) is 12.2 Å². The minimum Gasteiger partial charge on any atom is -0.497 e. The summed E-state index contributed by atoms with van der Waals surface area (Å²) in [5.41, 5.74) is 3.53. The zero-order valence-corrected chi connectivity index (χ0v) is 14.2. The number of hydrogen-bond donors (Lipinski definition) is 1. The molecule has 0 aliphatic heterocycles. The first-order valence-corrected chi connectivity index (χ1v) is 7.97. The molecule has 5 heteroatoms. The van der Waals surface area contributed by atoms with Crippen LogP contribution >= 0.6 is 0 Å². The molecule has 3 aromatic rings. The van der Waals surface area contributed by atoms with E-state index in [1.54, 1.807) is 13.3 Å². The molecule has 0 radical (unpaired) electrons. The lowest BCUT2D eigenvalue weighted by molar-refractivity contribution is -0.114. The van der Waals surface area contributed by atoms with E-state index in [1.807, 2.05) is 54.6 Å². The summed E-state index contributed by atoms with van der Waals surface area (Å²) in [6.45, 7) is 1.46. The van der Waals surface area contributed by atoms with Gasteiger partial charge in [-0.3, -0.25) is 4.79 Å². The second-order valence-corrected chi connectivity index (χ2v) is 5.62. The van der Waals surface area contributed by atoms with Crippen LogP contribution in [-0.2, 0) is 11.2 Å². The summed E-state index contributed by atoms with van der Waals surface area (Å²) in [5.74, 6) is 1.12. The Labute approximate surface area is 146 Å². The molecule has 0 bridgehead atoms. The van der Waals surface area contributed by atoms with Gasteiger partial charge in [0.1, 0.15) is 5.75 Å². The van der Waals surface area contributed by atoms with Crippen molar-refractivity contribution in [2.75, 3.05) is 12.4 Å². The monoisotopic (exact) mass is 333 g/mol. The van der Waals surface area contributed by atoms with Crippen molar-refractivity contribution in [3.63, 3.8) is 0 Å². The second kappa shape index (κ2) is 7.57. The van der Waals surface area contributed by atoms with Crippen LogP contribution in [0.3, 0.4) is 0 Å². The fourth-order valence-corrected chi connectivity index (χ4v) is 2.51. The SMILES string of the molecule is COc1ccc(-c2cnc(NC(C)=O)c(Cc3ccccc3)n2)cc1. The van der Waals surface area contributed by atoms with Crippen LogP contribution in [0.2, 0.25) is 0 Å². The van der Waals surface area contributed by atoms with Crippen molar-refractivity contribution in [1.29, 1.82) is 0 Å². The molecule has 0 unspecified atom stereocenters. The van der Waals surface area contributed by atoms with Crippen molar-refractivity contribution in [2.24, 2.45) is 0 Å². The minimum absolute atomic E-state index is 0.166. The standard InChI is InChI=1S/C20H19N3O2/c1-14(24)22-20-18(12-15-6-4-3-5-7-15)23-19(13-21-20)16-8-10-17(25-2)11-9-16/h3-11,13H,12H2,1-2H3,(H,21,22,24). The molecule has 3 rings (SSSR count). The number of nitrogens with zero attached hydrogens (tertiary/aromatic N) is 2. The number of anilines is 1. The summed E-state index contributed by atoms with van der Waals surface area (Å²) < 4.78 is 5.19. The maximum atomic E-state index is 11.5. The average molecular weight is 333 g/mol. The third-order valence-corrected chi connectivity index (χ3v) is 3.74. The Bertz CT molecular complexity index is 862. The molecule has 25 heavy (non-hydrogen) atoms. The number of hydrogen-bond acceptors (Lipinski definition) is 4. The zero-order chi connectivity index (χ0) is 17.6. The lowest BCUT2D eigenvalue weighted by Crippen LogP contribution is -2.12. The van der Waals surface area contributed by atoms with Crippen LogP contribution in [0.15, 0.2) is 60.8 Å². The normalized spacial score (nSPS) is 10.3. The van der Waals surface area contributed by atoms with E-state index >= 15 is 0 Å². The largest absolute Gasteiger partial charge is 0.497 e. The zero-order valence-electron chi connectivity index (χ0n) is 14.2. The molecular formula is C20H19N3O2. The quantitative estimate of drug-likeness (QED) is 0.773. The average Bonchev–Trinajstić information content (AvgIpc) is 2.64. The van der Waals surface area contributed by atoms with Gasteiger partial charge >= 0.3 is 0 Å². The first kappa shape index (κ1) is 16.6. The number of methoxy groups -OCH3 is 1. The van der Waals surface area contributed by atoms with E-state index < -0.39 is 0 Å². The molecule has 0 aliphatic carbocycles. The summed E-state index contributed by atoms with van der Waals surface area (Å²) in [7, 11) is 1.63. The fourth-order valence-electron chi connectivity index (χ4n) is 2.51. The Morgan fingerprint density at radius 3 is 2.44 bits per heavy atom. The molecule has 1 N–H and O–H groups in total. The van der Waals surface area contributed by atoms with Gasteiger partial charge in [0.25, 0.3) is 0 Å². The number of ether oxygens (including phenoxy) is 1. The third-order valence-electron chi connectivity index (χ3n) is 3.74. The topological polar surface area (TPSA) is 64.1 Å². The van der Waals surface area contributed by atoms with Crippen LogP contribution in [0.5, 0.6) is 5.75 Å². The molecule has 0 aliphatic rings. The summed E-state index contributed by atoms with van der Waals surface area (Å²) in [5, 5.41) is 2.76. The molecule has 0 fully saturated rings. The van der Waals surface area contributed by atoms with Crippen molar-refractivity contribution >= 4 is 11.7 Å². The van der Waals surface area contributed by atoms with E-state index in [9.17, 15) is 4.79 Å². The fraction of sp³-hybridized carbons (Fsp3) is 0.150. The molecule has 0 spiro atoms. The summed E-state index contributed by atoms with van der Waals surface area (Å²) in [6.07, 6.45) is 2.26. The molecule has 1 heterocycles. The lowest BCUT2D eigenvalue weighted by atomic mass is 10.1. The smallest absolute Gasteiger partial charge is 0.222 e. The molecule has 0 atom stereocenters. The first-order chi connectivity index (χ1) is 12.2. The highest BCUT2D eigenvalue weighted by Crippen LogP contribution is 2.23. The van der Waals surface area contributed by atoms with Crippen LogP contribution in [0, 0.1) is 0 Å². The van der Waals surface area contributed by atoms with Crippen molar-refractivity contribution in [3.8, 4) is 17.0 Å². The Balaban J connectivity index is 1.97. The lowest BCUT2D eigenvalue weighted by Gasteiger charge is -2.11. The van der Waals surface area contributed by atoms with E-state index in [0.717, 1.165) is 28.3 Å². The van der Waals surface area contributed by atoms with Crippen molar-refractivity contribution < 1.29 is 9.53 Å². The number of benzene rings is 2. The highest BCUT2D eigenvalue weighted by atomic mass is 16.5. The summed E-state index contributed by atoms with van der Waals surface area (Å²) >= 11 is 0. The highest BCUT2D eigenvalue weighted by Gasteiger charge is 2.11. The van der Waals surface area contributed by atoms with Gasteiger partial charge in [-0.15, -0.1) is 0 Å². The minimum atomic E-state index is -0.166. The predicted molar refractivity (Wildman–Crippen MR) is 97.6 cm³/mol. The molecular weight excluding hydrogens is 314 g/mol. The molecule has 1 aromatic heterocycles. The van der Waals surface area contributed by atoms with E-state index in [1.165, 1.54) is 6.92 Å². The van der Waals surface area contributed by atoms with Crippen LogP contribution in [0.1, 0.15) is 18.2 Å². The number of rotatable bonds is 5. The van der Waals surface area contributed by atoms with Gasteiger partial charge in [-0.25, -0.2) is 9.97 Å². The van der Waals surface area contributed by atoms with Gasteiger partial charge in [-0.1, -0.05) is 30.3 Å². The number of carbonyl (C=O) groups is 1. The van der Waals surface area contributed by atoms with Gasteiger partial charge < -0.3 is 10.1 Å². The summed E-state index contributed by atoms with van der Waals surface area (Å²) in [6, 6.07) is 17.6. The predicted octanol–water partition coefficient (Wildman–Crippen LogP) is 3.70. The van der Waals surface area contributed by atoms with Gasteiger partial charge in [0.2, 0.25) is 5.91 Å². The van der Waals surface area contributed by atoms with E-state index in [-0.39, 0.29) is 5.91 Å². The molecule has 126 valence electrons. The van der Waals surface area contributed by atoms with E-state index in [2.05, 4.69) is 10.3 Å². The van der Waals surface area contributed by atoms with Gasteiger partial charge in [0.15, 0.2) is 5.82 Å². The second-order valence-electron chi connectivity index (χ2n) is 5.62. The maximum Gasteiger partial charge on any atom is 0.222 e. The molecule has 5 nitrogen and oxygen atoms in total. The molecule has 0 saturated carbocycles. The van der Waals surface area contributed by atoms with Gasteiger partial charge in [0.05, 0.1) is 24.7 Å². The number of nitrogens with one attached hydrogen (secondary N) is 1. The Kier molecular flexibility index (Phi) is 5.04. The Hall–Kier alpha value is -3.21. The number of carbonyl (C=O) groups excluding carboxylic acids is 1. The van der Waals surface area contributed by atoms with Crippen LogP contribution in [0.25, 0.3) is 11.3 Å². The van der Waals surface area contributed by atoms with Gasteiger partial charge in [-0.2, -0.15) is 0 Å². The molecule has 1 amide bonds. The Morgan fingerprint density at radius 1 is 1.08 bits per heavy atom. The van der Waals surface area contributed by atoms with Crippen molar-refractivity contribution in [2.45, 2.75) is 13.3 Å². The van der Waals surface area contributed by atoms with Gasteiger partial charge in [-0.05, 0) is 29.8 Å². The van der Waals surface area contributed by atoms with E-state index in [4.69, 9.17) is 9.72 Å². The van der Waals surface area contributed by atoms with Crippen LogP contribution < -0.4 is 10.1 Å². The third kappa shape index (κ3) is 4.20. The number of amides is 1. The first-order valence-electron chi connectivity index (χ1n) is 7.97. The molecule has 0 saturated heterocycles. The molecule has 2 aromatic carbocycles. The Morgan fingerprint density at radius 2 is 1.80 bits per heavy atom. The maximum absolute atomic E-state index is 11.5. The van der Waals surface area contributed by atoms with Crippen LogP contribution in [0.4, 0.5) is 5.82 Å². The van der Waals surface area contributed by atoms with Crippen molar-refractivity contribution in [1.82, 2.24) is 9.97 Å².